The van der Waals surface area contributed by atoms with Crippen molar-refractivity contribution >= 4 is 40.3 Å². The van der Waals surface area contributed by atoms with Crippen LogP contribution in [0.3, 0.4) is 0 Å². The van der Waals surface area contributed by atoms with Crippen molar-refractivity contribution in [2.45, 2.75) is 18.8 Å². The van der Waals surface area contributed by atoms with Crippen molar-refractivity contribution in [3.63, 3.8) is 0 Å². The summed E-state index contributed by atoms with van der Waals surface area (Å²) in [7, 11) is 1.33. The average molecular weight is 288 g/mol. The first kappa shape index (κ1) is 13.1. The Balaban J connectivity index is 2.59. The lowest BCUT2D eigenvalue weighted by atomic mass is 10.4. The van der Waals surface area contributed by atoms with Gasteiger partial charge in [-0.05, 0) is 13.0 Å². The van der Waals surface area contributed by atoms with E-state index in [0.29, 0.717) is 22.0 Å². The van der Waals surface area contributed by atoms with Crippen LogP contribution in [0.25, 0.3) is 11.2 Å². The first-order chi connectivity index (χ1) is 8.52. The molecule has 0 radical (unpaired) electrons. The number of aromatic nitrogens is 3. The van der Waals surface area contributed by atoms with E-state index in [1.54, 1.807) is 17.6 Å². The molecule has 96 valence electrons. The zero-order valence-corrected chi connectivity index (χ0v) is 11.4. The molecule has 0 aliphatic rings. The van der Waals surface area contributed by atoms with E-state index in [0.717, 1.165) is 0 Å². The third-order valence-electron chi connectivity index (χ3n) is 2.45. The zero-order valence-electron chi connectivity index (χ0n) is 9.85. The van der Waals surface area contributed by atoms with Crippen molar-refractivity contribution in [1.82, 2.24) is 14.5 Å². The number of pyridine rings is 1. The number of fused-ring (bicyclic) bond motifs is 1. The van der Waals surface area contributed by atoms with E-state index in [9.17, 15) is 4.79 Å². The molecule has 1 atom stereocenters. The van der Waals surface area contributed by atoms with E-state index in [2.05, 4.69) is 14.7 Å². The molecule has 0 aromatic carbocycles. The van der Waals surface area contributed by atoms with Gasteiger partial charge >= 0.3 is 5.97 Å². The summed E-state index contributed by atoms with van der Waals surface area (Å²) in [6, 6.07) is 1.68. The Morgan fingerprint density at radius 3 is 2.94 bits per heavy atom. The van der Waals surface area contributed by atoms with E-state index < -0.39 is 0 Å². The van der Waals surface area contributed by atoms with Crippen LogP contribution in [0.1, 0.15) is 18.1 Å². The Morgan fingerprint density at radius 2 is 2.33 bits per heavy atom. The van der Waals surface area contributed by atoms with Crippen LogP contribution >= 0.6 is 23.2 Å². The molecule has 0 amide bonds. The number of rotatable bonds is 3. The van der Waals surface area contributed by atoms with Crippen LogP contribution in [0.2, 0.25) is 5.02 Å². The second kappa shape index (κ2) is 5.12. The summed E-state index contributed by atoms with van der Waals surface area (Å²) in [4.78, 5) is 19.9. The number of hydrogen-bond acceptors (Lipinski definition) is 4. The van der Waals surface area contributed by atoms with E-state index in [-0.39, 0.29) is 17.9 Å². The molecular formula is C11H11Cl2N3O2. The maximum atomic E-state index is 11.4. The second-order valence-electron chi connectivity index (χ2n) is 3.74. The molecule has 0 fully saturated rings. The van der Waals surface area contributed by atoms with E-state index in [1.165, 1.54) is 13.3 Å². The van der Waals surface area contributed by atoms with Crippen LogP contribution in [-0.2, 0) is 16.1 Å². The number of ether oxygens (including phenoxy) is 1. The number of carbonyl (C=O) groups excluding carboxylic acids is 1. The van der Waals surface area contributed by atoms with Gasteiger partial charge < -0.3 is 9.30 Å². The molecule has 0 aliphatic heterocycles. The minimum absolute atomic E-state index is 0.0219. The van der Waals surface area contributed by atoms with Crippen molar-refractivity contribution in [2.24, 2.45) is 0 Å². The quantitative estimate of drug-likeness (QED) is 0.643. The van der Waals surface area contributed by atoms with Gasteiger partial charge in [-0.25, -0.2) is 9.97 Å². The van der Waals surface area contributed by atoms with Crippen molar-refractivity contribution in [2.75, 3.05) is 7.11 Å². The van der Waals surface area contributed by atoms with Crippen LogP contribution in [-0.4, -0.2) is 27.6 Å². The van der Waals surface area contributed by atoms with Crippen LogP contribution in [0, 0.1) is 0 Å². The molecule has 0 N–H and O–H groups in total. The number of hydrogen-bond donors (Lipinski definition) is 0. The third kappa shape index (κ3) is 2.42. The Kier molecular flexibility index (Phi) is 3.73. The molecule has 2 heterocycles. The molecule has 2 aromatic rings. The maximum Gasteiger partial charge on any atom is 0.325 e. The van der Waals surface area contributed by atoms with Gasteiger partial charge in [0.1, 0.15) is 17.9 Å². The van der Waals surface area contributed by atoms with Gasteiger partial charge in [0.15, 0.2) is 5.65 Å². The van der Waals surface area contributed by atoms with Crippen LogP contribution < -0.4 is 0 Å². The SMILES string of the molecule is COC(=O)Cn1c(C(C)Cl)nc2cc(Cl)cnc21. The highest BCUT2D eigenvalue weighted by atomic mass is 35.5. The predicted molar refractivity (Wildman–Crippen MR) is 68.8 cm³/mol. The standard InChI is InChI=1S/C11H11Cl2N3O2/c1-6(12)10-15-8-3-7(13)4-14-11(8)16(10)5-9(17)18-2/h3-4,6H,5H2,1-2H3. The van der Waals surface area contributed by atoms with Crippen molar-refractivity contribution < 1.29 is 9.53 Å². The van der Waals surface area contributed by atoms with Gasteiger partial charge in [0.25, 0.3) is 0 Å². The smallest absolute Gasteiger partial charge is 0.325 e. The van der Waals surface area contributed by atoms with E-state index in [1.807, 2.05) is 0 Å². The summed E-state index contributed by atoms with van der Waals surface area (Å²) >= 11 is 11.9. The molecule has 2 aromatic heterocycles. The number of carbonyl (C=O) groups is 1. The molecule has 0 spiro atoms. The summed E-state index contributed by atoms with van der Waals surface area (Å²) < 4.78 is 6.28. The molecule has 2 rings (SSSR count). The highest BCUT2D eigenvalue weighted by Crippen LogP contribution is 2.24. The fourth-order valence-corrected chi connectivity index (χ4v) is 1.98. The maximum absolute atomic E-state index is 11.4. The lowest BCUT2D eigenvalue weighted by Gasteiger charge is -2.08. The highest BCUT2D eigenvalue weighted by Gasteiger charge is 2.18. The van der Waals surface area contributed by atoms with Crippen LogP contribution in [0.5, 0.6) is 0 Å². The fourth-order valence-electron chi connectivity index (χ4n) is 1.66. The lowest BCUT2D eigenvalue weighted by Crippen LogP contribution is -2.14. The van der Waals surface area contributed by atoms with Crippen molar-refractivity contribution in [1.29, 1.82) is 0 Å². The van der Waals surface area contributed by atoms with E-state index >= 15 is 0 Å². The lowest BCUT2D eigenvalue weighted by molar-refractivity contribution is -0.141. The number of halogens is 2. The van der Waals surface area contributed by atoms with Gasteiger partial charge in [0, 0.05) is 6.20 Å². The largest absolute Gasteiger partial charge is 0.468 e. The number of imidazole rings is 1. The van der Waals surface area contributed by atoms with Gasteiger partial charge in [0.2, 0.25) is 0 Å². The first-order valence-corrected chi connectivity index (χ1v) is 6.07. The number of esters is 1. The fraction of sp³-hybridized carbons (Fsp3) is 0.364. The van der Waals surface area contributed by atoms with Crippen LogP contribution in [0.15, 0.2) is 12.3 Å². The monoisotopic (exact) mass is 287 g/mol. The number of nitrogens with zero attached hydrogens (tertiary/aromatic N) is 3. The average Bonchev–Trinajstić information content (AvgIpc) is 2.67. The summed E-state index contributed by atoms with van der Waals surface area (Å²) in [6.07, 6.45) is 1.50. The molecular weight excluding hydrogens is 277 g/mol. The summed E-state index contributed by atoms with van der Waals surface area (Å²) in [5.41, 5.74) is 1.17. The summed E-state index contributed by atoms with van der Waals surface area (Å²) in [6.45, 7) is 1.80. The minimum Gasteiger partial charge on any atom is -0.468 e. The molecule has 1 unspecified atom stereocenters. The third-order valence-corrected chi connectivity index (χ3v) is 2.85. The van der Waals surface area contributed by atoms with Crippen molar-refractivity contribution in [3.05, 3.63) is 23.1 Å². The van der Waals surface area contributed by atoms with Gasteiger partial charge in [0.05, 0.1) is 17.5 Å². The molecule has 7 heteroatoms. The van der Waals surface area contributed by atoms with Gasteiger partial charge in [-0.15, -0.1) is 11.6 Å². The molecule has 5 nitrogen and oxygen atoms in total. The Bertz CT molecular complexity index is 595. The Hall–Kier alpha value is -1.33. The predicted octanol–water partition coefficient (Wildman–Crippen LogP) is 2.56. The van der Waals surface area contributed by atoms with Gasteiger partial charge in [-0.1, -0.05) is 11.6 Å². The second-order valence-corrected chi connectivity index (χ2v) is 4.84. The van der Waals surface area contributed by atoms with Gasteiger partial charge in [-0.2, -0.15) is 0 Å². The molecule has 0 aliphatic carbocycles. The molecule has 0 bridgehead atoms. The molecule has 0 saturated heterocycles. The molecule has 18 heavy (non-hydrogen) atoms. The number of methoxy groups -OCH3 is 1. The zero-order chi connectivity index (χ0) is 13.3. The Labute approximate surface area is 114 Å². The Morgan fingerprint density at radius 1 is 1.61 bits per heavy atom. The van der Waals surface area contributed by atoms with Crippen LogP contribution in [0.4, 0.5) is 0 Å². The first-order valence-electron chi connectivity index (χ1n) is 5.25. The number of alkyl halides is 1. The highest BCUT2D eigenvalue weighted by molar-refractivity contribution is 6.31. The topological polar surface area (TPSA) is 57.0 Å². The summed E-state index contributed by atoms with van der Waals surface area (Å²) in [5, 5.41) is 0.140. The minimum atomic E-state index is -0.385. The van der Waals surface area contributed by atoms with Gasteiger partial charge in [-0.3, -0.25) is 4.79 Å². The summed E-state index contributed by atoms with van der Waals surface area (Å²) in [5.74, 6) is 0.177. The normalized spacial score (nSPS) is 12.7. The van der Waals surface area contributed by atoms with Crippen molar-refractivity contribution in [3.8, 4) is 0 Å². The molecule has 0 saturated carbocycles. The van der Waals surface area contributed by atoms with E-state index in [4.69, 9.17) is 23.2 Å².